The van der Waals surface area contributed by atoms with Crippen molar-refractivity contribution in [2.45, 2.75) is 279 Å². The summed E-state index contributed by atoms with van der Waals surface area (Å²) in [5, 5.41) is 110. The number of ether oxygens (including phenoxy) is 10. The molecule has 0 aromatic carbocycles. The Morgan fingerprint density at radius 2 is 1.15 bits per heavy atom. The second-order valence-corrected chi connectivity index (χ2v) is 27.8. The standard InChI is InChI=1S/C57H90O25S.Na/c1-21(2)17-28(58)18-22(3)31-11-12-32-30-20-35(34-19-29(83(70,71)72)13-15-57(34,10)33(30)14-16-56(31,32)9)78-53-46(69)48(39(62)26(7)75-53)80-55-50(82-52-44(67)41(64)37(60)24(5)74-52)45(68)47(27(8)77-55)79-54-49(42(65)38(61)25(6)76-54)81-51-43(66)40(63)36(59)23(4)73-51;/h14,17,22-27,29-32,34-38,40-55,59-61,63-69H,11-13,15-16,18-20H2,1-10H3,(H,70,71,72);/q;+1/p-1/t22-,23-,24-,25-,26-,27-,29+,30+,31-,32+,34-,35+,36+,37-,38+,40+,41+,42+,43-,44-,45+,46-,47-,48+,49-,50-,51+,52+,53+,54+,55+,56-,57-;/m1./s1. The quantitative estimate of drug-likeness (QED) is 0.0329. The van der Waals surface area contributed by atoms with Crippen molar-refractivity contribution in [3.8, 4) is 0 Å². The van der Waals surface area contributed by atoms with E-state index >= 15 is 0 Å². The molecule has 33 atom stereocenters. The molecule has 0 unspecified atom stereocenters. The van der Waals surface area contributed by atoms with Crippen LogP contribution >= 0.6 is 0 Å². The largest absolute Gasteiger partial charge is 1.00 e. The van der Waals surface area contributed by atoms with E-state index in [1.165, 1.54) is 40.2 Å². The predicted octanol–water partition coefficient (Wildman–Crippen LogP) is -3.52. The van der Waals surface area contributed by atoms with E-state index in [1.807, 2.05) is 13.8 Å². The summed E-state index contributed by atoms with van der Waals surface area (Å²) >= 11 is 0. The normalized spacial score (nSPS) is 51.1. The number of Topliss-reactive ketones (excluding diaryl/α,β-unsaturated/α-hetero) is 1. The summed E-state index contributed by atoms with van der Waals surface area (Å²) in [5.41, 5.74) is 1.27. The van der Waals surface area contributed by atoms with Crippen LogP contribution in [0, 0.1) is 40.4 Å². The van der Waals surface area contributed by atoms with E-state index in [4.69, 9.17) is 47.4 Å². The molecule has 0 spiro atoms. The van der Waals surface area contributed by atoms with Crippen molar-refractivity contribution in [1.29, 1.82) is 0 Å². The number of allylic oxidation sites excluding steroid dienone is 4. The number of aliphatic hydroxyl groups excluding tert-OH is 10. The maximum Gasteiger partial charge on any atom is 1.00 e. The van der Waals surface area contributed by atoms with Crippen molar-refractivity contribution in [2.24, 2.45) is 40.4 Å². The summed E-state index contributed by atoms with van der Waals surface area (Å²) < 4.78 is 99.8. The van der Waals surface area contributed by atoms with E-state index in [-0.39, 0.29) is 77.3 Å². The third-order valence-corrected chi connectivity index (χ3v) is 21.6. The van der Waals surface area contributed by atoms with Gasteiger partial charge < -0.3 is 103 Å². The van der Waals surface area contributed by atoms with E-state index < -0.39 is 186 Å². The van der Waals surface area contributed by atoms with Crippen molar-refractivity contribution in [2.75, 3.05) is 0 Å². The van der Waals surface area contributed by atoms with Gasteiger partial charge in [-0.2, -0.15) is 0 Å². The van der Waals surface area contributed by atoms with Crippen molar-refractivity contribution in [1.82, 2.24) is 0 Å². The van der Waals surface area contributed by atoms with Crippen LogP contribution in [-0.2, 0) is 67.1 Å². The molecule has 5 aliphatic heterocycles. The minimum Gasteiger partial charge on any atom is -0.748 e. The maximum absolute atomic E-state index is 14.3. The zero-order valence-electron chi connectivity index (χ0n) is 49.7. The molecule has 5 saturated heterocycles. The van der Waals surface area contributed by atoms with Crippen molar-refractivity contribution < 1.29 is 151 Å². The van der Waals surface area contributed by atoms with E-state index in [0.717, 1.165) is 24.8 Å². The summed E-state index contributed by atoms with van der Waals surface area (Å²) in [6.45, 7) is 17.3. The van der Waals surface area contributed by atoms with Gasteiger partial charge >= 0.3 is 29.6 Å². The third kappa shape index (κ3) is 13.2. The van der Waals surface area contributed by atoms with Crippen LogP contribution in [0.2, 0.25) is 0 Å². The fraction of sp³-hybridized carbons (Fsp3) is 0.895. The number of hydrogen-bond donors (Lipinski definition) is 10. The number of aliphatic hydroxyl groups is 10. The minimum atomic E-state index is -4.75. The molecular weight excluding hydrogens is 1140 g/mol. The van der Waals surface area contributed by atoms with Crippen LogP contribution in [0.25, 0.3) is 0 Å². The van der Waals surface area contributed by atoms with Crippen LogP contribution < -0.4 is 29.6 Å². The van der Waals surface area contributed by atoms with Gasteiger partial charge in [0.25, 0.3) is 0 Å². The molecule has 0 amide bonds. The van der Waals surface area contributed by atoms with Gasteiger partial charge in [-0.15, -0.1) is 0 Å². The zero-order chi connectivity index (χ0) is 60.8. The average molecular weight is 1230 g/mol. The number of rotatable bonds is 15. The van der Waals surface area contributed by atoms with Crippen LogP contribution in [0.3, 0.4) is 0 Å². The van der Waals surface area contributed by atoms with E-state index in [9.17, 15) is 73.6 Å². The number of ketones is 2. The van der Waals surface area contributed by atoms with Gasteiger partial charge in [0.05, 0.1) is 40.6 Å². The second kappa shape index (κ2) is 26.6. The summed E-state index contributed by atoms with van der Waals surface area (Å²) in [4.78, 5) is 27.4. The Morgan fingerprint density at radius 3 is 1.73 bits per heavy atom. The van der Waals surface area contributed by atoms with Gasteiger partial charge in [-0.1, -0.05) is 38.0 Å². The smallest absolute Gasteiger partial charge is 0.748 e. The van der Waals surface area contributed by atoms with Crippen LogP contribution in [0.4, 0.5) is 0 Å². The molecule has 0 aromatic rings. The van der Waals surface area contributed by atoms with E-state index in [1.54, 1.807) is 6.08 Å². The second-order valence-electron chi connectivity index (χ2n) is 26.1. The van der Waals surface area contributed by atoms with Gasteiger partial charge in [-0.3, -0.25) is 9.59 Å². The molecule has 0 bridgehead atoms. The maximum atomic E-state index is 14.3. The van der Waals surface area contributed by atoms with Crippen LogP contribution in [-0.4, -0.2) is 234 Å². The Morgan fingerprint density at radius 1 is 0.643 bits per heavy atom. The summed E-state index contributed by atoms with van der Waals surface area (Å²) in [7, 11) is -4.75. The molecule has 25 nitrogen and oxygen atoms in total. The summed E-state index contributed by atoms with van der Waals surface area (Å²) in [6, 6.07) is 0. The molecule has 84 heavy (non-hydrogen) atoms. The zero-order valence-corrected chi connectivity index (χ0v) is 52.5. The Hall–Kier alpha value is -1.07. The Bertz CT molecular complexity index is 2490. The number of carbonyl (C=O) groups excluding carboxylic acids is 2. The molecule has 3 saturated carbocycles. The molecule has 8 fully saturated rings. The van der Waals surface area contributed by atoms with Gasteiger partial charge in [-0.25, -0.2) is 8.42 Å². The van der Waals surface area contributed by atoms with Gasteiger partial charge in [0, 0.05) is 11.7 Å². The van der Waals surface area contributed by atoms with E-state index in [0.29, 0.717) is 19.3 Å². The molecule has 474 valence electrons. The molecule has 4 aliphatic carbocycles. The molecule has 27 heteroatoms. The van der Waals surface area contributed by atoms with Crippen LogP contribution in [0.1, 0.15) is 121 Å². The number of carbonyl (C=O) groups is 2. The van der Waals surface area contributed by atoms with Gasteiger partial charge in [0.1, 0.15) is 85.5 Å². The Balaban J connectivity index is 0.00000920. The molecule has 0 radical (unpaired) electrons. The SMILES string of the molecule is CC(C)=CC(=O)C[C@@H](C)[C@H]1CC[C@H]2[C@@H]3C[C@H](O[C@@H]4O[C@H](C)C(=O)[C@H](O[C@@H]5O[C@H](C)[C@@H](O[C@@H]6O[C@H](C)[C@H](O)[C@H](O)[C@H]6O[C@@H]6O[C@H](C)[C@H](O)[C@H](O)[C@H]6O)[C@H](O)[C@H]5O[C@@H]5O[C@H](C)[C@@H](O)[C@H](O)[C@H]5O)[C@H]4O)[C@H]4C[C@@H](S(=O)(=O)[O-])CC[C@]4(C)C3=CC[C@]12C.[Na+]. The predicted molar refractivity (Wildman–Crippen MR) is 283 cm³/mol. The first-order valence-electron chi connectivity index (χ1n) is 29.5. The molecular formula is C57H89NaO25S. The summed E-state index contributed by atoms with van der Waals surface area (Å²) in [5.74, 6) is -0.902. The van der Waals surface area contributed by atoms with Crippen LogP contribution in [0.15, 0.2) is 23.3 Å². The first-order valence-corrected chi connectivity index (χ1v) is 31.0. The van der Waals surface area contributed by atoms with Crippen molar-refractivity contribution in [3.63, 3.8) is 0 Å². The Labute approximate surface area is 512 Å². The van der Waals surface area contributed by atoms with Gasteiger partial charge in [0.15, 0.2) is 49.1 Å². The molecule has 5 heterocycles. The number of fused-ring (bicyclic) bond motifs is 5. The fourth-order valence-corrected chi connectivity index (χ4v) is 16.5. The third-order valence-electron chi connectivity index (χ3n) is 20.3. The summed E-state index contributed by atoms with van der Waals surface area (Å²) in [6.07, 6.45) is -32.8. The van der Waals surface area contributed by atoms with Gasteiger partial charge in [-0.05, 0) is 140 Å². The van der Waals surface area contributed by atoms with Crippen molar-refractivity contribution >= 4 is 21.7 Å². The topological polar surface area (TPSA) is 386 Å². The monoisotopic (exact) mass is 1230 g/mol. The molecule has 9 rings (SSSR count). The molecule has 10 N–H and O–H groups in total. The Kier molecular flexibility index (Phi) is 21.8. The number of hydrogen-bond acceptors (Lipinski definition) is 25. The minimum absolute atomic E-state index is 0. The molecule has 9 aliphatic rings. The van der Waals surface area contributed by atoms with Crippen LogP contribution in [0.5, 0.6) is 0 Å². The molecule has 0 aromatic heterocycles. The first kappa shape index (κ1) is 68.8. The first-order chi connectivity index (χ1) is 38.8. The van der Waals surface area contributed by atoms with Gasteiger partial charge in [0.2, 0.25) is 0 Å². The van der Waals surface area contributed by atoms with E-state index in [2.05, 4.69) is 26.8 Å². The van der Waals surface area contributed by atoms with Crippen molar-refractivity contribution in [3.05, 3.63) is 23.3 Å². The fourth-order valence-electron chi connectivity index (χ4n) is 15.6. The average Bonchev–Trinajstić information content (AvgIpc) is 2.17.